The predicted molar refractivity (Wildman–Crippen MR) is 84.9 cm³/mol. The van der Waals surface area contributed by atoms with E-state index in [1.54, 1.807) is 12.1 Å². The number of hydrogen-bond acceptors (Lipinski definition) is 1. The minimum absolute atomic E-state index is 0.0625. The second-order valence-corrected chi connectivity index (χ2v) is 6.19. The van der Waals surface area contributed by atoms with Gasteiger partial charge in [0.15, 0.2) is 0 Å². The van der Waals surface area contributed by atoms with Crippen molar-refractivity contribution in [2.24, 2.45) is 0 Å². The minimum atomic E-state index is -0.0625. The zero-order chi connectivity index (χ0) is 14.8. The van der Waals surface area contributed by atoms with Crippen LogP contribution in [0.5, 0.6) is 0 Å². The molecule has 1 aliphatic rings. The van der Waals surface area contributed by atoms with Crippen molar-refractivity contribution in [2.75, 3.05) is 0 Å². The van der Waals surface area contributed by atoms with Crippen LogP contribution in [0.1, 0.15) is 48.4 Å². The lowest BCUT2D eigenvalue weighted by Gasteiger charge is -2.38. The lowest BCUT2D eigenvalue weighted by Crippen LogP contribution is -2.41. The summed E-state index contributed by atoms with van der Waals surface area (Å²) < 4.78 is 13.7. The molecule has 2 aromatic carbocycles. The number of nitrogens with one attached hydrogen (secondary N) is 1. The average Bonchev–Trinajstić information content (AvgIpc) is 2.44. The molecule has 2 aromatic rings. The number of aryl methyl sites for hydroxylation is 1. The molecule has 2 heteroatoms. The molecule has 0 amide bonds. The Kier molecular flexibility index (Phi) is 4.07. The summed E-state index contributed by atoms with van der Waals surface area (Å²) in [4.78, 5) is 0. The van der Waals surface area contributed by atoms with E-state index < -0.39 is 0 Å². The highest BCUT2D eigenvalue weighted by atomic mass is 19.1. The first-order chi connectivity index (χ1) is 10.1. The van der Waals surface area contributed by atoms with Crippen molar-refractivity contribution in [3.8, 4) is 0 Å². The van der Waals surface area contributed by atoms with Crippen molar-refractivity contribution in [3.05, 3.63) is 71.0 Å². The largest absolute Gasteiger partial charge is 0.307 e. The van der Waals surface area contributed by atoms with Crippen LogP contribution in [0, 0.1) is 12.7 Å². The Morgan fingerprint density at radius 1 is 1.05 bits per heavy atom. The lowest BCUT2D eigenvalue weighted by atomic mass is 9.75. The summed E-state index contributed by atoms with van der Waals surface area (Å²) in [5.74, 6) is 0.307. The van der Waals surface area contributed by atoms with Crippen molar-refractivity contribution in [1.29, 1.82) is 0 Å². The van der Waals surface area contributed by atoms with Crippen LogP contribution < -0.4 is 5.32 Å². The van der Waals surface area contributed by atoms with Gasteiger partial charge in [-0.15, -0.1) is 0 Å². The zero-order valence-electron chi connectivity index (χ0n) is 12.6. The van der Waals surface area contributed by atoms with Crippen molar-refractivity contribution in [2.45, 2.75) is 44.7 Å². The first-order valence-electron chi connectivity index (χ1n) is 7.70. The molecular weight excluding hydrogens is 261 g/mol. The quantitative estimate of drug-likeness (QED) is 0.855. The fourth-order valence-electron chi connectivity index (χ4n) is 3.12. The van der Waals surface area contributed by atoms with Gasteiger partial charge in [0.25, 0.3) is 0 Å². The molecular formula is C19H22FN. The van der Waals surface area contributed by atoms with Gasteiger partial charge in [0.05, 0.1) is 0 Å². The van der Waals surface area contributed by atoms with Gasteiger partial charge in [0.2, 0.25) is 0 Å². The van der Waals surface area contributed by atoms with E-state index in [1.807, 2.05) is 12.1 Å². The van der Waals surface area contributed by atoms with Crippen LogP contribution in [-0.2, 0) is 0 Å². The van der Waals surface area contributed by atoms with Crippen LogP contribution in [0.15, 0.2) is 48.5 Å². The molecule has 21 heavy (non-hydrogen) atoms. The van der Waals surface area contributed by atoms with Gasteiger partial charge in [0.1, 0.15) is 5.82 Å². The van der Waals surface area contributed by atoms with E-state index in [1.165, 1.54) is 11.1 Å². The molecule has 0 heterocycles. The summed E-state index contributed by atoms with van der Waals surface area (Å²) in [7, 11) is 0. The highest BCUT2D eigenvalue weighted by Crippen LogP contribution is 2.38. The second-order valence-electron chi connectivity index (χ2n) is 6.19. The molecule has 1 saturated carbocycles. The van der Waals surface area contributed by atoms with Gasteiger partial charge in [-0.05, 0) is 49.8 Å². The molecule has 0 bridgehead atoms. The van der Waals surface area contributed by atoms with E-state index in [-0.39, 0.29) is 5.82 Å². The van der Waals surface area contributed by atoms with E-state index in [4.69, 9.17) is 0 Å². The van der Waals surface area contributed by atoms with E-state index in [9.17, 15) is 4.39 Å². The number of hydrogen-bond donors (Lipinski definition) is 1. The fourth-order valence-corrected chi connectivity index (χ4v) is 3.12. The summed E-state index contributed by atoms with van der Waals surface area (Å²) in [6, 6.07) is 16.7. The summed E-state index contributed by atoms with van der Waals surface area (Å²) in [5.41, 5.74) is 3.47. The number of benzene rings is 2. The molecule has 110 valence electrons. The Bertz CT molecular complexity index is 599. The molecule has 1 nitrogen and oxygen atoms in total. The molecule has 1 aliphatic carbocycles. The summed E-state index contributed by atoms with van der Waals surface area (Å²) in [6.07, 6.45) is 2.05. The van der Waals surface area contributed by atoms with Crippen LogP contribution in [0.3, 0.4) is 0 Å². The molecule has 1 atom stereocenters. The fraction of sp³-hybridized carbons (Fsp3) is 0.368. The van der Waals surface area contributed by atoms with Crippen molar-refractivity contribution in [3.63, 3.8) is 0 Å². The molecule has 0 radical (unpaired) electrons. The monoisotopic (exact) mass is 283 g/mol. The van der Waals surface area contributed by atoms with Gasteiger partial charge in [0, 0.05) is 12.1 Å². The number of rotatable bonds is 4. The molecule has 0 aromatic heterocycles. The van der Waals surface area contributed by atoms with E-state index in [0.29, 0.717) is 18.0 Å². The van der Waals surface area contributed by atoms with E-state index in [0.717, 1.165) is 18.4 Å². The topological polar surface area (TPSA) is 12.0 Å². The summed E-state index contributed by atoms with van der Waals surface area (Å²) in [5, 5.41) is 3.65. The average molecular weight is 283 g/mol. The van der Waals surface area contributed by atoms with Gasteiger partial charge >= 0.3 is 0 Å². The highest BCUT2D eigenvalue weighted by Gasteiger charge is 2.32. The maximum atomic E-state index is 13.7. The molecule has 0 unspecified atom stereocenters. The smallest absolute Gasteiger partial charge is 0.126 e. The minimum Gasteiger partial charge on any atom is -0.307 e. The van der Waals surface area contributed by atoms with Crippen LogP contribution in [0.2, 0.25) is 0 Å². The Hall–Kier alpha value is -1.67. The summed E-state index contributed by atoms with van der Waals surface area (Å²) in [6.45, 7) is 4.30. The third-order valence-corrected chi connectivity index (χ3v) is 4.55. The Morgan fingerprint density at radius 3 is 2.38 bits per heavy atom. The highest BCUT2D eigenvalue weighted by molar-refractivity contribution is 5.26. The van der Waals surface area contributed by atoms with Crippen molar-refractivity contribution < 1.29 is 4.39 Å². The second kappa shape index (κ2) is 5.98. The van der Waals surface area contributed by atoms with Gasteiger partial charge in [-0.3, -0.25) is 0 Å². The third kappa shape index (κ3) is 3.16. The normalized spacial score (nSPS) is 22.6. The van der Waals surface area contributed by atoms with Crippen molar-refractivity contribution >= 4 is 0 Å². The molecule has 0 spiro atoms. The van der Waals surface area contributed by atoms with Crippen molar-refractivity contribution in [1.82, 2.24) is 5.32 Å². The zero-order valence-corrected chi connectivity index (χ0v) is 12.6. The van der Waals surface area contributed by atoms with Crippen LogP contribution >= 0.6 is 0 Å². The third-order valence-electron chi connectivity index (χ3n) is 4.55. The molecule has 0 saturated heterocycles. The molecule has 0 aliphatic heterocycles. The first kappa shape index (κ1) is 14.3. The first-order valence-corrected chi connectivity index (χ1v) is 7.70. The van der Waals surface area contributed by atoms with Gasteiger partial charge in [-0.25, -0.2) is 4.39 Å². The van der Waals surface area contributed by atoms with Gasteiger partial charge < -0.3 is 5.32 Å². The van der Waals surface area contributed by atoms with E-state index in [2.05, 4.69) is 43.4 Å². The Balaban J connectivity index is 1.55. The maximum absolute atomic E-state index is 13.7. The predicted octanol–water partition coefficient (Wildman–Crippen LogP) is 4.73. The SMILES string of the molecule is Cc1ccc([C@H](C)NC2CC(c3ccccc3F)C2)cc1. The van der Waals surface area contributed by atoms with E-state index >= 15 is 0 Å². The Morgan fingerprint density at radius 2 is 1.71 bits per heavy atom. The standard InChI is InChI=1S/C19H22FN/c1-13-7-9-15(10-8-13)14(2)21-17-11-16(12-17)18-5-3-4-6-19(18)20/h3-10,14,16-17,21H,11-12H2,1-2H3/t14-,16?,17?/m0/s1. The molecule has 1 fully saturated rings. The van der Waals surface area contributed by atoms with Gasteiger partial charge in [-0.2, -0.15) is 0 Å². The Labute approximate surface area is 126 Å². The van der Waals surface area contributed by atoms with Gasteiger partial charge in [-0.1, -0.05) is 48.0 Å². The lowest BCUT2D eigenvalue weighted by molar-refractivity contribution is 0.266. The van der Waals surface area contributed by atoms with Crippen LogP contribution in [0.25, 0.3) is 0 Å². The molecule has 3 rings (SSSR count). The molecule has 1 N–H and O–H groups in total. The van der Waals surface area contributed by atoms with Crippen LogP contribution in [0.4, 0.5) is 4.39 Å². The maximum Gasteiger partial charge on any atom is 0.126 e. The van der Waals surface area contributed by atoms with Crippen LogP contribution in [-0.4, -0.2) is 6.04 Å². The number of halogens is 1. The summed E-state index contributed by atoms with van der Waals surface area (Å²) >= 11 is 0.